The highest BCUT2D eigenvalue weighted by molar-refractivity contribution is 5.76. The highest BCUT2D eigenvalue weighted by atomic mass is 19.3. The first-order chi connectivity index (χ1) is 13.4. The Hall–Kier alpha value is -2.83. The molecular weight excluding hydrogens is 368 g/mol. The Morgan fingerprint density at radius 3 is 2.61 bits per heavy atom. The van der Waals surface area contributed by atoms with Gasteiger partial charge in [-0.3, -0.25) is 4.79 Å². The van der Waals surface area contributed by atoms with Gasteiger partial charge >= 0.3 is 6.61 Å². The van der Waals surface area contributed by atoms with Crippen LogP contribution in [0.4, 0.5) is 8.78 Å². The van der Waals surface area contributed by atoms with Crippen molar-refractivity contribution in [2.75, 3.05) is 20.3 Å². The Bertz CT molecular complexity index is 796. The second-order valence-electron chi connectivity index (χ2n) is 6.26. The van der Waals surface area contributed by atoms with Crippen LogP contribution in [0.2, 0.25) is 0 Å². The van der Waals surface area contributed by atoms with Crippen molar-refractivity contribution in [1.82, 2.24) is 5.32 Å². The summed E-state index contributed by atoms with van der Waals surface area (Å²) in [6, 6.07) is 10.6. The van der Waals surface area contributed by atoms with E-state index < -0.39 is 6.61 Å². The van der Waals surface area contributed by atoms with Crippen LogP contribution in [0, 0.1) is 13.8 Å². The normalized spacial score (nSPS) is 10.6. The number of methoxy groups -OCH3 is 1. The smallest absolute Gasteiger partial charge is 0.387 e. The van der Waals surface area contributed by atoms with E-state index in [0.29, 0.717) is 13.0 Å². The minimum Gasteiger partial charge on any atom is -0.493 e. The summed E-state index contributed by atoms with van der Waals surface area (Å²) in [6.07, 6.45) is 0.711. The van der Waals surface area contributed by atoms with Gasteiger partial charge in [-0.1, -0.05) is 18.2 Å². The van der Waals surface area contributed by atoms with Crippen LogP contribution >= 0.6 is 0 Å². The predicted molar refractivity (Wildman–Crippen MR) is 102 cm³/mol. The molecule has 0 unspecified atom stereocenters. The number of halogens is 2. The largest absolute Gasteiger partial charge is 0.493 e. The Labute approximate surface area is 163 Å². The molecule has 0 saturated heterocycles. The summed E-state index contributed by atoms with van der Waals surface area (Å²) >= 11 is 0. The molecule has 7 heteroatoms. The highest BCUT2D eigenvalue weighted by Gasteiger charge is 2.11. The van der Waals surface area contributed by atoms with E-state index in [1.165, 1.54) is 13.2 Å². The Morgan fingerprint density at radius 1 is 1.11 bits per heavy atom. The highest BCUT2D eigenvalue weighted by Crippen LogP contribution is 2.29. The zero-order chi connectivity index (χ0) is 20.5. The van der Waals surface area contributed by atoms with Crippen molar-refractivity contribution in [2.45, 2.75) is 33.3 Å². The van der Waals surface area contributed by atoms with Gasteiger partial charge in [0.2, 0.25) is 5.91 Å². The van der Waals surface area contributed by atoms with E-state index in [2.05, 4.69) is 10.1 Å². The van der Waals surface area contributed by atoms with Crippen LogP contribution < -0.4 is 19.5 Å². The summed E-state index contributed by atoms with van der Waals surface area (Å²) in [7, 11) is 1.38. The van der Waals surface area contributed by atoms with Crippen molar-refractivity contribution >= 4 is 5.91 Å². The molecule has 2 aromatic carbocycles. The summed E-state index contributed by atoms with van der Waals surface area (Å²) in [5.41, 5.74) is 2.95. The zero-order valence-corrected chi connectivity index (χ0v) is 16.3. The SMILES string of the molecule is COc1ccc(CCNC(=O)CCOc2cccc(C)c2C)cc1OC(F)F. The van der Waals surface area contributed by atoms with Crippen molar-refractivity contribution in [3.63, 3.8) is 0 Å². The Balaban J connectivity index is 1.76. The molecule has 2 rings (SSSR count). The maximum absolute atomic E-state index is 12.5. The van der Waals surface area contributed by atoms with Gasteiger partial charge in [-0.05, 0) is 55.2 Å². The molecule has 0 saturated carbocycles. The van der Waals surface area contributed by atoms with Crippen LogP contribution in [0.3, 0.4) is 0 Å². The van der Waals surface area contributed by atoms with Gasteiger partial charge < -0.3 is 19.5 Å². The van der Waals surface area contributed by atoms with E-state index in [0.717, 1.165) is 22.4 Å². The molecule has 0 bridgehead atoms. The summed E-state index contributed by atoms with van der Waals surface area (Å²) < 4.78 is 40.1. The molecule has 0 aliphatic rings. The van der Waals surface area contributed by atoms with Crippen LogP contribution in [-0.2, 0) is 11.2 Å². The molecule has 28 heavy (non-hydrogen) atoms. The van der Waals surface area contributed by atoms with Gasteiger partial charge in [-0.15, -0.1) is 0 Å². The monoisotopic (exact) mass is 393 g/mol. The molecule has 0 aliphatic carbocycles. The molecular formula is C21H25F2NO4. The van der Waals surface area contributed by atoms with Crippen LogP contribution in [-0.4, -0.2) is 32.8 Å². The van der Waals surface area contributed by atoms with E-state index >= 15 is 0 Å². The molecule has 152 valence electrons. The number of rotatable bonds is 10. The number of hydrogen-bond donors (Lipinski definition) is 1. The molecule has 2 aromatic rings. The van der Waals surface area contributed by atoms with Gasteiger partial charge in [0.1, 0.15) is 5.75 Å². The van der Waals surface area contributed by atoms with Gasteiger partial charge in [-0.25, -0.2) is 0 Å². The third-order valence-corrected chi connectivity index (χ3v) is 4.32. The first-order valence-electron chi connectivity index (χ1n) is 8.98. The average Bonchev–Trinajstić information content (AvgIpc) is 2.65. The third kappa shape index (κ3) is 6.40. The number of carbonyl (C=O) groups excluding carboxylic acids is 1. The second kappa shape index (κ2) is 10.5. The number of ether oxygens (including phenoxy) is 3. The van der Waals surface area contributed by atoms with Gasteiger partial charge in [-0.2, -0.15) is 8.78 Å². The van der Waals surface area contributed by atoms with E-state index in [-0.39, 0.29) is 30.4 Å². The minimum atomic E-state index is -2.93. The van der Waals surface area contributed by atoms with E-state index in [9.17, 15) is 13.6 Å². The molecule has 0 aliphatic heterocycles. The van der Waals surface area contributed by atoms with Crippen molar-refractivity contribution in [3.8, 4) is 17.2 Å². The molecule has 0 heterocycles. The number of nitrogens with one attached hydrogen (secondary N) is 1. The molecule has 0 fully saturated rings. The van der Waals surface area contributed by atoms with Gasteiger partial charge in [0, 0.05) is 6.54 Å². The van der Waals surface area contributed by atoms with E-state index in [1.807, 2.05) is 32.0 Å². The summed E-state index contributed by atoms with van der Waals surface area (Å²) in [6.45, 7) is 1.71. The van der Waals surface area contributed by atoms with E-state index in [4.69, 9.17) is 9.47 Å². The van der Waals surface area contributed by atoms with Crippen LogP contribution in [0.25, 0.3) is 0 Å². The van der Waals surface area contributed by atoms with Crippen LogP contribution in [0.15, 0.2) is 36.4 Å². The molecule has 1 amide bonds. The van der Waals surface area contributed by atoms with Crippen molar-refractivity contribution < 1.29 is 27.8 Å². The van der Waals surface area contributed by atoms with Crippen molar-refractivity contribution in [2.24, 2.45) is 0 Å². The van der Waals surface area contributed by atoms with Crippen LogP contribution in [0.1, 0.15) is 23.1 Å². The quantitative estimate of drug-likeness (QED) is 0.662. The first-order valence-corrected chi connectivity index (χ1v) is 8.98. The standard InChI is InChI=1S/C21H25F2NO4/c1-14-5-4-6-17(15(14)2)27-12-10-20(25)24-11-9-16-7-8-18(26-3)19(13-16)28-21(22)23/h4-8,13,21H,9-12H2,1-3H3,(H,24,25). The Kier molecular flexibility index (Phi) is 8.04. The molecule has 5 nitrogen and oxygen atoms in total. The predicted octanol–water partition coefficient (Wildman–Crippen LogP) is 4.04. The molecule has 1 N–H and O–H groups in total. The number of alkyl halides is 2. The first kappa shape index (κ1) is 21.5. The molecule has 0 aromatic heterocycles. The lowest BCUT2D eigenvalue weighted by atomic mass is 10.1. The van der Waals surface area contributed by atoms with Crippen molar-refractivity contribution in [1.29, 1.82) is 0 Å². The molecule has 0 atom stereocenters. The number of amides is 1. The summed E-state index contributed by atoms with van der Waals surface area (Å²) in [4.78, 5) is 12.0. The van der Waals surface area contributed by atoms with Gasteiger partial charge in [0.25, 0.3) is 0 Å². The third-order valence-electron chi connectivity index (χ3n) is 4.32. The number of aryl methyl sites for hydroxylation is 1. The van der Waals surface area contributed by atoms with Gasteiger partial charge in [0.15, 0.2) is 11.5 Å². The second-order valence-corrected chi connectivity index (χ2v) is 6.26. The summed E-state index contributed by atoms with van der Waals surface area (Å²) in [5, 5.41) is 2.79. The van der Waals surface area contributed by atoms with Crippen molar-refractivity contribution in [3.05, 3.63) is 53.1 Å². The fourth-order valence-electron chi connectivity index (χ4n) is 2.63. The minimum absolute atomic E-state index is 0.0248. The number of carbonyl (C=O) groups is 1. The summed E-state index contributed by atoms with van der Waals surface area (Å²) in [5.74, 6) is 0.848. The average molecular weight is 393 g/mol. The zero-order valence-electron chi connectivity index (χ0n) is 16.3. The lowest BCUT2D eigenvalue weighted by Crippen LogP contribution is -2.27. The lowest BCUT2D eigenvalue weighted by molar-refractivity contribution is -0.121. The number of benzene rings is 2. The maximum atomic E-state index is 12.5. The van der Waals surface area contributed by atoms with Crippen LogP contribution in [0.5, 0.6) is 17.2 Å². The lowest BCUT2D eigenvalue weighted by Gasteiger charge is -2.12. The Morgan fingerprint density at radius 2 is 1.89 bits per heavy atom. The topological polar surface area (TPSA) is 56.8 Å². The van der Waals surface area contributed by atoms with Gasteiger partial charge in [0.05, 0.1) is 20.1 Å². The maximum Gasteiger partial charge on any atom is 0.387 e. The fourth-order valence-corrected chi connectivity index (χ4v) is 2.63. The fraction of sp³-hybridized carbons (Fsp3) is 0.381. The number of hydrogen-bond acceptors (Lipinski definition) is 4. The van der Waals surface area contributed by atoms with E-state index in [1.54, 1.807) is 12.1 Å². The molecule has 0 radical (unpaired) electrons. The molecule has 0 spiro atoms.